The summed E-state index contributed by atoms with van der Waals surface area (Å²) in [6.07, 6.45) is -3.10. The molecule has 11 heteroatoms. The lowest BCUT2D eigenvalue weighted by Crippen LogP contribution is -2.65. The smallest absolute Gasteiger partial charge is 0.371 e. The lowest BCUT2D eigenvalue weighted by atomic mass is 9.85. The Morgan fingerprint density at radius 1 is 0.900 bits per heavy atom. The molecule has 1 unspecified atom stereocenters. The van der Waals surface area contributed by atoms with Crippen LogP contribution >= 0.6 is 0 Å². The van der Waals surface area contributed by atoms with Gasteiger partial charge in [0, 0.05) is 36.0 Å². The Kier molecular flexibility index (Phi) is 7.74. The van der Waals surface area contributed by atoms with Crippen LogP contribution < -0.4 is 15.2 Å². The third-order valence-electron chi connectivity index (χ3n) is 7.57. The average Bonchev–Trinajstić information content (AvgIpc) is 3.46. The molecule has 2 aromatic carbocycles. The second-order valence-corrected chi connectivity index (χ2v) is 10.4. The largest absolute Gasteiger partial charge is 0.416 e. The zero-order chi connectivity index (χ0) is 28.5. The van der Waals surface area contributed by atoms with Crippen molar-refractivity contribution in [2.75, 3.05) is 18.0 Å². The van der Waals surface area contributed by atoms with E-state index in [0.717, 1.165) is 55.4 Å². The van der Waals surface area contributed by atoms with Gasteiger partial charge in [-0.1, -0.05) is 25.0 Å². The van der Waals surface area contributed by atoms with Crippen molar-refractivity contribution in [3.05, 3.63) is 65.2 Å². The van der Waals surface area contributed by atoms with Gasteiger partial charge >= 0.3 is 18.2 Å². The van der Waals surface area contributed by atoms with Gasteiger partial charge in [-0.2, -0.15) is 26.3 Å². The fraction of sp³-hybridized carbons (Fsp3) is 0.414. The van der Waals surface area contributed by atoms with Crippen LogP contribution in [-0.2, 0) is 12.4 Å². The molecule has 3 aromatic rings. The molecule has 212 valence electrons. The number of alkyl halides is 6. The van der Waals surface area contributed by atoms with Gasteiger partial charge in [0.1, 0.15) is 0 Å². The zero-order valence-corrected chi connectivity index (χ0v) is 21.6. The fourth-order valence-corrected chi connectivity index (χ4v) is 5.52. The maximum absolute atomic E-state index is 13.3. The van der Waals surface area contributed by atoms with Crippen LogP contribution in [-0.4, -0.2) is 36.2 Å². The Morgan fingerprint density at radius 2 is 1.55 bits per heavy atom. The predicted molar refractivity (Wildman–Crippen MR) is 140 cm³/mol. The third-order valence-corrected chi connectivity index (χ3v) is 7.57. The number of carbonyl (C=O) groups is 1. The van der Waals surface area contributed by atoms with E-state index in [1.54, 1.807) is 0 Å². The average molecular weight is 564 g/mol. The molecule has 2 heterocycles. The van der Waals surface area contributed by atoms with Crippen molar-refractivity contribution in [3.63, 3.8) is 0 Å². The Morgan fingerprint density at radius 3 is 2.23 bits per heavy atom. The number of rotatable bonds is 5. The van der Waals surface area contributed by atoms with E-state index in [9.17, 15) is 31.1 Å². The van der Waals surface area contributed by atoms with Crippen molar-refractivity contribution < 1.29 is 36.1 Å². The quantitative estimate of drug-likeness (QED) is 0.312. The van der Waals surface area contributed by atoms with Gasteiger partial charge in [-0.15, -0.1) is 0 Å². The Balaban J connectivity index is 1.39. The molecule has 2 N–H and O–H groups in total. The predicted octanol–water partition coefficient (Wildman–Crippen LogP) is 5.64. The highest BCUT2D eigenvalue weighted by molar-refractivity contribution is 5.95. The van der Waals surface area contributed by atoms with Crippen LogP contribution in [0.25, 0.3) is 10.9 Å². The monoisotopic (exact) mass is 563 g/mol. The summed E-state index contributed by atoms with van der Waals surface area (Å²) in [4.78, 5) is 23.2. The van der Waals surface area contributed by atoms with Crippen molar-refractivity contribution in [3.8, 4) is 0 Å². The molecule has 0 radical (unpaired) electrons. The van der Waals surface area contributed by atoms with Crippen LogP contribution in [0.4, 0.5) is 37.8 Å². The van der Waals surface area contributed by atoms with E-state index in [1.807, 2.05) is 36.5 Å². The van der Waals surface area contributed by atoms with E-state index in [2.05, 4.69) is 15.2 Å². The number of amides is 1. The first-order valence-corrected chi connectivity index (χ1v) is 13.3. The normalized spacial score (nSPS) is 20.4. The number of nitrogens with zero attached hydrogens (tertiary/aromatic N) is 2. The summed E-state index contributed by atoms with van der Waals surface area (Å²) in [5.74, 6) is -0.542. The van der Waals surface area contributed by atoms with E-state index in [4.69, 9.17) is 4.98 Å². The standard InChI is InChI=1S/C29H28F6N4O/c30-28(31,32)20-13-19(14-21(15-20)29(33,34)35)27(40)38-23-9-3-1-7-18(23)17-36-26-16-25(39-11-5-6-12-39)22-8-2-4-10-24(22)37-26/h2,4,8,10,13-18,23H,1,3,5-7,9,11-12H2,(H,38,40)/p+1/t18?,23-/m1/s1. The summed E-state index contributed by atoms with van der Waals surface area (Å²) >= 11 is 0. The molecule has 1 aliphatic carbocycles. The van der Waals surface area contributed by atoms with Gasteiger partial charge in [0.15, 0.2) is 5.52 Å². The molecule has 0 spiro atoms. The molecular formula is C29H29F6N4O+. The third kappa shape index (κ3) is 6.23. The van der Waals surface area contributed by atoms with Gasteiger partial charge in [0.05, 0.1) is 29.1 Å². The molecule has 0 bridgehead atoms. The van der Waals surface area contributed by atoms with Crippen molar-refractivity contribution in [1.82, 2.24) is 10.3 Å². The van der Waals surface area contributed by atoms with E-state index in [0.29, 0.717) is 30.8 Å². The number of nitrogens with one attached hydrogen (secondary N) is 2. The second kappa shape index (κ2) is 11.1. The molecule has 1 saturated carbocycles. The maximum atomic E-state index is 13.3. The lowest BCUT2D eigenvalue weighted by Gasteiger charge is -2.29. The number of hydrogen-bond donors (Lipinski definition) is 2. The van der Waals surface area contributed by atoms with Crippen LogP contribution in [0, 0.1) is 5.92 Å². The molecule has 5 nitrogen and oxygen atoms in total. The van der Waals surface area contributed by atoms with E-state index in [-0.39, 0.29) is 12.0 Å². The topological polar surface area (TPSA) is 59.2 Å². The van der Waals surface area contributed by atoms with E-state index in [1.165, 1.54) is 0 Å². The van der Waals surface area contributed by atoms with Crippen molar-refractivity contribution >= 4 is 34.5 Å². The summed E-state index contributed by atoms with van der Waals surface area (Å²) in [5, 5.41) is 3.74. The van der Waals surface area contributed by atoms with Gasteiger partial charge < -0.3 is 10.2 Å². The number of hydrogen-bond acceptors (Lipinski definition) is 3. The summed E-state index contributed by atoms with van der Waals surface area (Å²) in [6, 6.07) is 10.3. The molecule has 2 aliphatic rings. The lowest BCUT2D eigenvalue weighted by molar-refractivity contribution is -0.356. The second-order valence-electron chi connectivity index (χ2n) is 10.4. The Hall–Kier alpha value is -3.63. The van der Waals surface area contributed by atoms with Gasteiger partial charge in [-0.3, -0.25) is 4.79 Å². The maximum Gasteiger partial charge on any atom is 0.416 e. The number of aromatic nitrogens is 1. The number of carbonyl (C=O) groups excluding carboxylic acids is 1. The van der Waals surface area contributed by atoms with Gasteiger partial charge in [0.25, 0.3) is 5.91 Å². The first-order chi connectivity index (χ1) is 19.0. The Labute approximate surface area is 227 Å². The minimum atomic E-state index is -5.03. The highest BCUT2D eigenvalue weighted by Crippen LogP contribution is 2.36. The summed E-state index contributed by atoms with van der Waals surface area (Å²) in [7, 11) is 0. The molecule has 2 atom stereocenters. The van der Waals surface area contributed by atoms with Crippen LogP contribution in [0.3, 0.4) is 0 Å². The van der Waals surface area contributed by atoms with Gasteiger partial charge in [0.2, 0.25) is 0 Å². The van der Waals surface area contributed by atoms with Crippen LogP contribution in [0.2, 0.25) is 0 Å². The Bertz CT molecular complexity index is 1380. The number of anilines is 1. The van der Waals surface area contributed by atoms with E-state index >= 15 is 0 Å². The molecule has 1 aliphatic heterocycles. The number of para-hydroxylation sites is 1. The van der Waals surface area contributed by atoms with Gasteiger partial charge in [-0.25, -0.2) is 4.99 Å². The minimum absolute atomic E-state index is 0.0187. The van der Waals surface area contributed by atoms with Gasteiger partial charge in [-0.05, 0) is 61.0 Å². The van der Waals surface area contributed by atoms with Crippen molar-refractivity contribution in [2.45, 2.75) is 56.9 Å². The van der Waals surface area contributed by atoms with E-state index < -0.39 is 41.0 Å². The first kappa shape index (κ1) is 27.9. The SMILES string of the molecule is O=C(N[C@@H]1CCCCC1C=[NH+]c1cc(N2CCCC2)c2ccccc2n1)c1cc(C(F)(F)F)cc(C(F)(F)F)c1. The molecule has 5 rings (SSSR count). The summed E-state index contributed by atoms with van der Waals surface area (Å²) in [6.45, 7) is 1.92. The summed E-state index contributed by atoms with van der Waals surface area (Å²) in [5.41, 5.74) is -1.79. The molecule has 1 saturated heterocycles. The van der Waals surface area contributed by atoms with Crippen LogP contribution in [0.15, 0.2) is 48.5 Å². The number of halogens is 6. The first-order valence-electron chi connectivity index (χ1n) is 13.3. The van der Waals surface area contributed by atoms with Crippen LogP contribution in [0.5, 0.6) is 0 Å². The molecule has 1 amide bonds. The van der Waals surface area contributed by atoms with Crippen LogP contribution in [0.1, 0.15) is 60.0 Å². The molecule has 1 aromatic heterocycles. The van der Waals surface area contributed by atoms with Crippen molar-refractivity contribution in [2.24, 2.45) is 5.92 Å². The minimum Gasteiger partial charge on any atom is -0.371 e. The molecule has 2 fully saturated rings. The number of fused-ring (bicyclic) bond motifs is 1. The summed E-state index contributed by atoms with van der Waals surface area (Å²) < 4.78 is 79.7. The molecule has 40 heavy (non-hydrogen) atoms. The highest BCUT2D eigenvalue weighted by Gasteiger charge is 2.38. The molecular weight excluding hydrogens is 534 g/mol. The fourth-order valence-electron chi connectivity index (χ4n) is 5.52. The number of benzene rings is 2. The van der Waals surface area contributed by atoms with Crippen molar-refractivity contribution in [1.29, 1.82) is 0 Å². The highest BCUT2D eigenvalue weighted by atomic mass is 19.4. The number of pyridine rings is 1. The zero-order valence-electron chi connectivity index (χ0n) is 21.6.